The van der Waals surface area contributed by atoms with E-state index in [1.54, 1.807) is 0 Å². The van der Waals surface area contributed by atoms with E-state index in [4.69, 9.17) is 4.18 Å². The van der Waals surface area contributed by atoms with Crippen LogP contribution in [-0.4, -0.2) is 24.9 Å². The van der Waals surface area contributed by atoms with Gasteiger partial charge >= 0.3 is 6.03 Å². The van der Waals surface area contributed by atoms with Gasteiger partial charge in [-0.05, 0) is 5.92 Å². The van der Waals surface area contributed by atoms with Crippen LogP contribution < -0.4 is 10.6 Å². The highest BCUT2D eigenvalue weighted by molar-refractivity contribution is 7.75. The number of Topliss-reactive ketones (excluding diaryl/α,β-unsaturated/α-hetero) is 1. The molecule has 1 aliphatic carbocycles. The third kappa shape index (κ3) is 2.34. The van der Waals surface area contributed by atoms with Gasteiger partial charge in [-0.15, -0.1) is 0 Å². The van der Waals surface area contributed by atoms with Gasteiger partial charge in [0.1, 0.15) is 5.76 Å². The van der Waals surface area contributed by atoms with Crippen LogP contribution in [0.15, 0.2) is 11.3 Å². The first-order valence-electron chi connectivity index (χ1n) is 6.07. The van der Waals surface area contributed by atoms with Gasteiger partial charge in [0, 0.05) is 49.8 Å². The molecular weight excluding hydrogens is 252 g/mol. The zero-order chi connectivity index (χ0) is 13.3. The Labute approximate surface area is 112 Å². The van der Waals surface area contributed by atoms with Crippen molar-refractivity contribution in [3.8, 4) is 0 Å². The molecule has 1 fully saturated rings. The van der Waals surface area contributed by atoms with Crippen LogP contribution in [0.3, 0.4) is 0 Å². The highest BCUT2D eigenvalue weighted by atomic mass is 32.1. The van der Waals surface area contributed by atoms with E-state index < -0.39 is 0 Å². The molecule has 1 aliphatic heterocycles. The summed E-state index contributed by atoms with van der Waals surface area (Å²) in [4.78, 5) is 23.4. The molecule has 0 aromatic rings. The average Bonchev–Trinajstić information content (AvgIpc) is 2.32. The lowest BCUT2D eigenvalue weighted by atomic mass is 9.71. The maximum Gasteiger partial charge on any atom is 0.314 e. The largest absolute Gasteiger partial charge is 0.433 e. The number of carbonyl (C=O) groups excluding carboxylic acids is 2. The van der Waals surface area contributed by atoms with Gasteiger partial charge in [0.2, 0.25) is 0 Å². The fourth-order valence-electron chi connectivity index (χ4n) is 2.73. The van der Waals surface area contributed by atoms with Crippen molar-refractivity contribution in [1.29, 1.82) is 0 Å². The molecule has 6 heteroatoms. The van der Waals surface area contributed by atoms with Crippen molar-refractivity contribution in [3.63, 3.8) is 0 Å². The SMILES string of the molecule is CC(C)C1=C(OS)CC2(CNC(=O)NC2)CC1=O. The number of rotatable bonds is 2. The fourth-order valence-corrected chi connectivity index (χ4v) is 2.89. The monoisotopic (exact) mass is 270 g/mol. The van der Waals surface area contributed by atoms with Crippen molar-refractivity contribution in [2.24, 2.45) is 11.3 Å². The highest BCUT2D eigenvalue weighted by Crippen LogP contribution is 2.40. The Kier molecular flexibility index (Phi) is 3.56. The van der Waals surface area contributed by atoms with E-state index in [-0.39, 0.29) is 23.1 Å². The van der Waals surface area contributed by atoms with Crippen LogP contribution in [0.25, 0.3) is 0 Å². The molecule has 1 saturated heterocycles. The summed E-state index contributed by atoms with van der Waals surface area (Å²) in [6.45, 7) is 4.94. The average molecular weight is 270 g/mol. The highest BCUT2D eigenvalue weighted by Gasteiger charge is 2.43. The van der Waals surface area contributed by atoms with Crippen molar-refractivity contribution >= 4 is 24.7 Å². The van der Waals surface area contributed by atoms with E-state index >= 15 is 0 Å². The molecule has 0 atom stereocenters. The number of ketones is 1. The quantitative estimate of drug-likeness (QED) is 0.525. The van der Waals surface area contributed by atoms with Gasteiger partial charge in [0.15, 0.2) is 5.78 Å². The third-order valence-corrected chi connectivity index (χ3v) is 3.83. The lowest BCUT2D eigenvalue weighted by molar-refractivity contribution is -0.119. The first-order valence-corrected chi connectivity index (χ1v) is 6.43. The van der Waals surface area contributed by atoms with Crippen LogP contribution in [0.4, 0.5) is 4.79 Å². The molecule has 0 radical (unpaired) electrons. The molecule has 0 saturated carbocycles. The van der Waals surface area contributed by atoms with Gasteiger partial charge in [0.25, 0.3) is 0 Å². The molecule has 0 aromatic heterocycles. The summed E-state index contributed by atoms with van der Waals surface area (Å²) in [6, 6.07) is -0.181. The maximum absolute atomic E-state index is 12.2. The Balaban J connectivity index is 2.26. The molecule has 2 rings (SSSR count). The van der Waals surface area contributed by atoms with E-state index in [2.05, 4.69) is 23.5 Å². The minimum Gasteiger partial charge on any atom is -0.433 e. The van der Waals surface area contributed by atoms with E-state index in [1.807, 2.05) is 13.8 Å². The summed E-state index contributed by atoms with van der Waals surface area (Å²) in [5.41, 5.74) is 0.453. The molecule has 2 N–H and O–H groups in total. The number of allylic oxidation sites excluding steroid dienone is 2. The Bertz CT molecular complexity index is 408. The number of nitrogens with one attached hydrogen (secondary N) is 2. The van der Waals surface area contributed by atoms with Crippen LogP contribution in [0, 0.1) is 11.3 Å². The minimum absolute atomic E-state index is 0.0956. The number of urea groups is 1. The lowest BCUT2D eigenvalue weighted by Crippen LogP contribution is -2.56. The molecule has 0 unspecified atom stereocenters. The van der Waals surface area contributed by atoms with Crippen LogP contribution in [0.1, 0.15) is 26.7 Å². The Hall–Kier alpha value is -1.17. The molecular formula is C12H18N2O3S. The fraction of sp³-hybridized carbons (Fsp3) is 0.667. The number of carbonyl (C=O) groups is 2. The van der Waals surface area contributed by atoms with Gasteiger partial charge in [-0.1, -0.05) is 13.8 Å². The molecule has 100 valence electrons. The molecule has 1 heterocycles. The second-order valence-electron chi connectivity index (χ2n) is 5.40. The standard InChI is InChI=1S/C12H18N2O3S/c1-7(2)10-8(15)3-12(4-9(10)17-18)5-13-11(16)14-6-12/h7,18H,3-6H2,1-2H3,(H2,13,14,16). The smallest absolute Gasteiger partial charge is 0.314 e. The van der Waals surface area contributed by atoms with Gasteiger partial charge in [-0.2, -0.15) is 0 Å². The number of thiol groups is 1. The van der Waals surface area contributed by atoms with Crippen LogP contribution in [0.5, 0.6) is 0 Å². The Morgan fingerprint density at radius 1 is 1.22 bits per heavy atom. The van der Waals surface area contributed by atoms with E-state index in [9.17, 15) is 9.59 Å². The summed E-state index contributed by atoms with van der Waals surface area (Å²) in [7, 11) is 0. The van der Waals surface area contributed by atoms with E-state index in [1.165, 1.54) is 0 Å². The first-order chi connectivity index (χ1) is 8.47. The summed E-state index contributed by atoms with van der Waals surface area (Å²) in [5.74, 6) is 0.865. The first kappa shape index (κ1) is 13.3. The minimum atomic E-state index is -0.276. The summed E-state index contributed by atoms with van der Waals surface area (Å²) >= 11 is 3.86. The maximum atomic E-state index is 12.2. The summed E-state index contributed by atoms with van der Waals surface area (Å²) in [5, 5.41) is 5.49. The third-order valence-electron chi connectivity index (χ3n) is 3.61. The zero-order valence-corrected chi connectivity index (χ0v) is 11.5. The summed E-state index contributed by atoms with van der Waals surface area (Å²) in [6.07, 6.45) is 1.07. The molecule has 18 heavy (non-hydrogen) atoms. The van der Waals surface area contributed by atoms with E-state index in [0.29, 0.717) is 31.7 Å². The molecule has 0 aromatic carbocycles. The van der Waals surface area contributed by atoms with Gasteiger partial charge < -0.3 is 14.8 Å². The summed E-state index contributed by atoms with van der Waals surface area (Å²) < 4.78 is 5.10. The predicted molar refractivity (Wildman–Crippen MR) is 70.0 cm³/mol. The molecule has 5 nitrogen and oxygen atoms in total. The number of hydrogen-bond donors (Lipinski definition) is 3. The van der Waals surface area contributed by atoms with Crippen LogP contribution in [0.2, 0.25) is 0 Å². The van der Waals surface area contributed by atoms with E-state index in [0.717, 1.165) is 5.57 Å². The van der Waals surface area contributed by atoms with Gasteiger partial charge in [-0.25, -0.2) is 4.79 Å². The molecule has 0 bridgehead atoms. The molecule has 2 amide bonds. The predicted octanol–water partition coefficient (Wildman–Crippen LogP) is 1.42. The second-order valence-corrected chi connectivity index (χ2v) is 5.58. The lowest BCUT2D eigenvalue weighted by Gasteiger charge is -2.41. The molecule has 2 aliphatic rings. The van der Waals surface area contributed by atoms with Crippen molar-refractivity contribution in [1.82, 2.24) is 10.6 Å². The number of hydrogen-bond acceptors (Lipinski definition) is 4. The second kappa shape index (κ2) is 4.84. The van der Waals surface area contributed by atoms with Crippen molar-refractivity contribution in [3.05, 3.63) is 11.3 Å². The normalized spacial score (nSPS) is 23.1. The van der Waals surface area contributed by atoms with Crippen molar-refractivity contribution in [2.45, 2.75) is 26.7 Å². The molecule has 1 spiro atoms. The van der Waals surface area contributed by atoms with Crippen molar-refractivity contribution in [2.75, 3.05) is 13.1 Å². The van der Waals surface area contributed by atoms with Crippen LogP contribution in [-0.2, 0) is 8.98 Å². The van der Waals surface area contributed by atoms with Crippen molar-refractivity contribution < 1.29 is 13.8 Å². The van der Waals surface area contributed by atoms with Gasteiger partial charge in [-0.3, -0.25) is 4.79 Å². The Morgan fingerprint density at radius 3 is 2.33 bits per heavy atom. The number of amides is 2. The zero-order valence-electron chi connectivity index (χ0n) is 10.6. The van der Waals surface area contributed by atoms with Gasteiger partial charge in [0.05, 0.1) is 0 Å². The topological polar surface area (TPSA) is 67.4 Å². The Morgan fingerprint density at radius 2 is 1.83 bits per heavy atom. The van der Waals surface area contributed by atoms with Crippen LogP contribution >= 0.6 is 12.9 Å².